The first-order chi connectivity index (χ1) is 11.6. The number of benzene rings is 2. The van der Waals surface area contributed by atoms with Gasteiger partial charge in [-0.15, -0.1) is 0 Å². The molecule has 24 heavy (non-hydrogen) atoms. The molecule has 0 spiro atoms. The average Bonchev–Trinajstić information content (AvgIpc) is 2.65. The maximum atomic E-state index is 12.1. The monoisotopic (exact) mass is 322 g/mol. The van der Waals surface area contributed by atoms with Gasteiger partial charge >= 0.3 is 5.97 Å². The third kappa shape index (κ3) is 4.85. The van der Waals surface area contributed by atoms with Crippen LogP contribution < -0.4 is 0 Å². The Labute approximate surface area is 143 Å². The second kappa shape index (κ2) is 8.73. The van der Waals surface area contributed by atoms with Crippen LogP contribution in [0.15, 0.2) is 84.3 Å². The Morgan fingerprint density at radius 1 is 1.00 bits per heavy atom. The van der Waals surface area contributed by atoms with Crippen molar-refractivity contribution in [3.63, 3.8) is 0 Å². The Hall–Kier alpha value is -2.81. The molecule has 0 fully saturated rings. The van der Waals surface area contributed by atoms with E-state index in [9.17, 15) is 4.79 Å². The molecule has 0 aliphatic rings. The largest absolute Gasteiger partial charge is 0.493 e. The number of carbonyl (C=O) groups is 1. The van der Waals surface area contributed by atoms with Gasteiger partial charge in [0, 0.05) is 5.57 Å². The minimum atomic E-state index is -0.382. The molecular formula is C21H22O3. The van der Waals surface area contributed by atoms with E-state index in [4.69, 9.17) is 9.47 Å². The highest BCUT2D eigenvalue weighted by Gasteiger charge is 2.11. The van der Waals surface area contributed by atoms with Gasteiger partial charge in [-0.05, 0) is 44.5 Å². The summed E-state index contributed by atoms with van der Waals surface area (Å²) in [6.45, 7) is 5.65. The van der Waals surface area contributed by atoms with E-state index in [0.29, 0.717) is 11.3 Å². The number of esters is 1. The molecule has 0 aliphatic carbocycles. The first-order valence-corrected chi connectivity index (χ1v) is 7.93. The fraction of sp³-hybridized carbons (Fsp3) is 0.190. The molecular weight excluding hydrogens is 300 g/mol. The number of allylic oxidation sites excluding steroid dienone is 2. The summed E-state index contributed by atoms with van der Waals surface area (Å²) in [4.78, 5) is 12.1. The first kappa shape index (κ1) is 17.5. The van der Waals surface area contributed by atoms with Crippen LogP contribution >= 0.6 is 0 Å². The fourth-order valence-electron chi connectivity index (χ4n) is 2.16. The predicted molar refractivity (Wildman–Crippen MR) is 95.3 cm³/mol. The van der Waals surface area contributed by atoms with E-state index >= 15 is 0 Å². The van der Waals surface area contributed by atoms with Crippen molar-refractivity contribution in [2.24, 2.45) is 0 Å². The standard InChI is InChI=1S/C21H22O3/c1-4-20(24-21(22)19-13-9-6-10-14-19)16(2)15-23-17(3)18-11-7-5-8-12-18/h4-15,17H,1-3H3/b16-15+,20-4-/t17-/m0/s1. The molecule has 0 aliphatic heterocycles. The molecule has 2 aromatic rings. The van der Waals surface area contributed by atoms with Crippen molar-refractivity contribution >= 4 is 5.97 Å². The zero-order valence-electron chi connectivity index (χ0n) is 14.2. The van der Waals surface area contributed by atoms with E-state index < -0.39 is 0 Å². The summed E-state index contributed by atoms with van der Waals surface area (Å²) in [6.07, 6.45) is 3.30. The lowest BCUT2D eigenvalue weighted by atomic mass is 10.1. The second-order valence-electron chi connectivity index (χ2n) is 5.40. The normalized spacial score (nSPS) is 13.3. The van der Waals surface area contributed by atoms with Gasteiger partial charge in [0.05, 0.1) is 11.8 Å². The quantitative estimate of drug-likeness (QED) is 0.404. The van der Waals surface area contributed by atoms with Gasteiger partial charge in [-0.2, -0.15) is 0 Å². The van der Waals surface area contributed by atoms with Gasteiger partial charge in [-0.1, -0.05) is 48.5 Å². The molecule has 0 bridgehead atoms. The highest BCUT2D eigenvalue weighted by molar-refractivity contribution is 5.90. The highest BCUT2D eigenvalue weighted by Crippen LogP contribution is 2.20. The van der Waals surface area contributed by atoms with Crippen molar-refractivity contribution in [3.8, 4) is 0 Å². The Balaban J connectivity index is 2.01. The van der Waals surface area contributed by atoms with Crippen LogP contribution in [0.4, 0.5) is 0 Å². The molecule has 3 nitrogen and oxygen atoms in total. The number of hydrogen-bond donors (Lipinski definition) is 0. The van der Waals surface area contributed by atoms with Crippen molar-refractivity contribution in [1.82, 2.24) is 0 Å². The third-order valence-corrected chi connectivity index (χ3v) is 3.58. The average molecular weight is 322 g/mol. The van der Waals surface area contributed by atoms with Crippen molar-refractivity contribution in [2.45, 2.75) is 26.9 Å². The summed E-state index contributed by atoms with van der Waals surface area (Å²) in [7, 11) is 0. The maximum Gasteiger partial charge on any atom is 0.343 e. The van der Waals surface area contributed by atoms with Gasteiger partial charge in [0.1, 0.15) is 11.9 Å². The SMILES string of the molecule is C/C=C(OC(=O)c1ccccc1)/C(C)=C/O[C@@H](C)c1ccccc1. The Morgan fingerprint density at radius 2 is 1.58 bits per heavy atom. The lowest BCUT2D eigenvalue weighted by Crippen LogP contribution is -2.06. The van der Waals surface area contributed by atoms with Crippen LogP contribution in [0.1, 0.15) is 42.8 Å². The minimum absolute atomic E-state index is 0.0796. The molecule has 3 heteroatoms. The van der Waals surface area contributed by atoms with E-state index in [0.717, 1.165) is 11.1 Å². The van der Waals surface area contributed by atoms with Gasteiger partial charge in [-0.25, -0.2) is 4.79 Å². The van der Waals surface area contributed by atoms with Crippen LogP contribution in [0.3, 0.4) is 0 Å². The predicted octanol–water partition coefficient (Wildman–Crippen LogP) is 5.43. The van der Waals surface area contributed by atoms with E-state index in [-0.39, 0.29) is 12.1 Å². The topological polar surface area (TPSA) is 35.5 Å². The number of carbonyl (C=O) groups excluding carboxylic acids is 1. The van der Waals surface area contributed by atoms with Crippen LogP contribution in [-0.4, -0.2) is 5.97 Å². The van der Waals surface area contributed by atoms with Crippen LogP contribution in [0, 0.1) is 0 Å². The highest BCUT2D eigenvalue weighted by atomic mass is 16.5. The fourth-order valence-corrected chi connectivity index (χ4v) is 2.16. The second-order valence-corrected chi connectivity index (χ2v) is 5.40. The summed E-state index contributed by atoms with van der Waals surface area (Å²) in [5.41, 5.74) is 2.36. The first-order valence-electron chi connectivity index (χ1n) is 7.93. The molecule has 0 saturated carbocycles. The van der Waals surface area contributed by atoms with Crippen LogP contribution in [0.25, 0.3) is 0 Å². The van der Waals surface area contributed by atoms with Gasteiger partial charge in [0.25, 0.3) is 0 Å². The molecule has 2 aromatic carbocycles. The van der Waals surface area contributed by atoms with Crippen LogP contribution in [-0.2, 0) is 9.47 Å². The maximum absolute atomic E-state index is 12.1. The molecule has 2 rings (SSSR count). The van der Waals surface area contributed by atoms with Crippen molar-refractivity contribution < 1.29 is 14.3 Å². The summed E-state index contributed by atoms with van der Waals surface area (Å²) in [5.74, 6) is 0.108. The van der Waals surface area contributed by atoms with Crippen molar-refractivity contribution in [2.75, 3.05) is 0 Å². The molecule has 0 amide bonds. The summed E-state index contributed by atoms with van der Waals surface area (Å²) in [5, 5.41) is 0. The summed E-state index contributed by atoms with van der Waals surface area (Å²) < 4.78 is 11.2. The summed E-state index contributed by atoms with van der Waals surface area (Å²) >= 11 is 0. The third-order valence-electron chi connectivity index (χ3n) is 3.58. The van der Waals surface area contributed by atoms with Crippen LogP contribution in [0.2, 0.25) is 0 Å². The Morgan fingerprint density at radius 3 is 2.17 bits per heavy atom. The molecule has 0 unspecified atom stereocenters. The molecule has 1 atom stereocenters. The lowest BCUT2D eigenvalue weighted by molar-refractivity contribution is 0.0629. The van der Waals surface area contributed by atoms with E-state index in [1.54, 1.807) is 36.6 Å². The van der Waals surface area contributed by atoms with Crippen molar-refractivity contribution in [1.29, 1.82) is 0 Å². The van der Waals surface area contributed by atoms with E-state index in [2.05, 4.69) is 0 Å². The molecule has 0 N–H and O–H groups in total. The Kier molecular flexibility index (Phi) is 6.38. The zero-order valence-corrected chi connectivity index (χ0v) is 14.2. The molecule has 0 heterocycles. The molecule has 124 valence electrons. The summed E-state index contributed by atoms with van der Waals surface area (Å²) in [6, 6.07) is 18.9. The molecule has 0 aromatic heterocycles. The number of hydrogen-bond acceptors (Lipinski definition) is 3. The Bertz CT molecular complexity index is 715. The minimum Gasteiger partial charge on any atom is -0.493 e. The zero-order chi connectivity index (χ0) is 17.4. The number of ether oxygens (including phenoxy) is 2. The van der Waals surface area contributed by atoms with Crippen LogP contribution in [0.5, 0.6) is 0 Å². The molecule has 0 saturated heterocycles. The van der Waals surface area contributed by atoms with E-state index in [1.165, 1.54) is 0 Å². The van der Waals surface area contributed by atoms with Gasteiger partial charge in [0.15, 0.2) is 0 Å². The smallest absolute Gasteiger partial charge is 0.343 e. The number of rotatable bonds is 6. The molecule has 0 radical (unpaired) electrons. The van der Waals surface area contributed by atoms with Gasteiger partial charge < -0.3 is 9.47 Å². The van der Waals surface area contributed by atoms with Crippen molar-refractivity contribution in [3.05, 3.63) is 95.5 Å². The van der Waals surface area contributed by atoms with E-state index in [1.807, 2.05) is 57.2 Å². The van der Waals surface area contributed by atoms with Gasteiger partial charge in [-0.3, -0.25) is 0 Å². The lowest BCUT2D eigenvalue weighted by Gasteiger charge is -2.14. The van der Waals surface area contributed by atoms with Gasteiger partial charge in [0.2, 0.25) is 0 Å².